The molecule has 1 aromatic rings. The lowest BCUT2D eigenvalue weighted by Gasteiger charge is -2.19. The van der Waals surface area contributed by atoms with Crippen LogP contribution in [0.25, 0.3) is 0 Å². The molecule has 2 atom stereocenters. The van der Waals surface area contributed by atoms with Crippen LogP contribution in [-0.4, -0.2) is 12.1 Å². The molecule has 3 heteroatoms. The summed E-state index contributed by atoms with van der Waals surface area (Å²) in [4.78, 5) is 11.9. The largest absolute Gasteiger partial charge is 0.459 e. The summed E-state index contributed by atoms with van der Waals surface area (Å²) < 4.78 is 6.49. The predicted octanol–water partition coefficient (Wildman–Crippen LogP) is 3.57. The maximum absolute atomic E-state index is 11.9. The Kier molecular flexibility index (Phi) is 2.79. The van der Waals surface area contributed by atoms with Gasteiger partial charge in [0.05, 0.1) is 5.56 Å². The molecule has 1 saturated carbocycles. The van der Waals surface area contributed by atoms with Crippen LogP contribution in [0.1, 0.15) is 23.2 Å². The van der Waals surface area contributed by atoms with E-state index >= 15 is 0 Å². The minimum Gasteiger partial charge on any atom is -0.459 e. The maximum Gasteiger partial charge on any atom is 0.338 e. The van der Waals surface area contributed by atoms with E-state index in [0.29, 0.717) is 17.4 Å². The number of hydrogen-bond donors (Lipinski definition) is 0. The average Bonchev–Trinajstić information content (AvgIpc) is 2.57. The first-order valence-corrected chi connectivity index (χ1v) is 6.66. The summed E-state index contributed by atoms with van der Waals surface area (Å²) in [6.07, 6.45) is 6.51. The molecular formula is C14H13BrO2. The van der Waals surface area contributed by atoms with Gasteiger partial charge in [-0.25, -0.2) is 4.79 Å². The van der Waals surface area contributed by atoms with Crippen molar-refractivity contribution >= 4 is 21.9 Å². The molecule has 0 saturated heterocycles. The summed E-state index contributed by atoms with van der Waals surface area (Å²) in [5.41, 5.74) is 0.625. The third-order valence-electron chi connectivity index (χ3n) is 3.58. The van der Waals surface area contributed by atoms with Gasteiger partial charge < -0.3 is 4.74 Å². The Morgan fingerprint density at radius 3 is 2.24 bits per heavy atom. The smallest absolute Gasteiger partial charge is 0.338 e. The van der Waals surface area contributed by atoms with Gasteiger partial charge in [-0.05, 0) is 48.9 Å². The Balaban J connectivity index is 1.62. The molecule has 2 aliphatic rings. The minimum atomic E-state index is -0.205. The van der Waals surface area contributed by atoms with Crippen LogP contribution in [0, 0.1) is 11.8 Å². The molecule has 88 valence electrons. The quantitative estimate of drug-likeness (QED) is 0.615. The lowest BCUT2D eigenvalue weighted by molar-refractivity contribution is 0.0311. The number of carbonyl (C=O) groups excluding carboxylic acids is 1. The Hall–Kier alpha value is -1.09. The second kappa shape index (κ2) is 4.30. The van der Waals surface area contributed by atoms with E-state index in [0.717, 1.165) is 17.3 Å². The molecule has 1 aromatic carbocycles. The van der Waals surface area contributed by atoms with Crippen LogP contribution in [0.2, 0.25) is 0 Å². The monoisotopic (exact) mass is 292 g/mol. The van der Waals surface area contributed by atoms with Crippen LogP contribution in [-0.2, 0) is 4.74 Å². The van der Waals surface area contributed by atoms with Gasteiger partial charge in [-0.2, -0.15) is 0 Å². The van der Waals surface area contributed by atoms with Gasteiger partial charge in [0.2, 0.25) is 0 Å². The third-order valence-corrected chi connectivity index (χ3v) is 4.11. The zero-order chi connectivity index (χ0) is 11.8. The second-order valence-electron chi connectivity index (χ2n) is 4.72. The van der Waals surface area contributed by atoms with Gasteiger partial charge in [0.1, 0.15) is 6.10 Å². The lowest BCUT2D eigenvalue weighted by atomic mass is 9.86. The molecule has 2 aliphatic carbocycles. The molecule has 0 spiro atoms. The normalized spacial score (nSPS) is 29.6. The van der Waals surface area contributed by atoms with Crippen molar-refractivity contribution in [3.05, 3.63) is 46.5 Å². The van der Waals surface area contributed by atoms with Crippen molar-refractivity contribution < 1.29 is 9.53 Å². The Morgan fingerprint density at radius 2 is 1.71 bits per heavy atom. The van der Waals surface area contributed by atoms with Gasteiger partial charge in [0.25, 0.3) is 0 Å². The molecule has 0 amide bonds. The molecule has 0 aromatic heterocycles. The van der Waals surface area contributed by atoms with Crippen molar-refractivity contribution in [2.24, 2.45) is 11.8 Å². The van der Waals surface area contributed by atoms with Crippen molar-refractivity contribution in [1.82, 2.24) is 0 Å². The molecule has 0 aliphatic heterocycles. The summed E-state index contributed by atoms with van der Waals surface area (Å²) in [6, 6.07) is 7.29. The number of esters is 1. The second-order valence-corrected chi connectivity index (χ2v) is 5.63. The van der Waals surface area contributed by atoms with Gasteiger partial charge in [-0.3, -0.25) is 0 Å². The molecule has 2 nitrogen and oxygen atoms in total. The van der Waals surface area contributed by atoms with Crippen molar-refractivity contribution in [3.63, 3.8) is 0 Å². The van der Waals surface area contributed by atoms with Crippen LogP contribution < -0.4 is 0 Å². The van der Waals surface area contributed by atoms with E-state index in [-0.39, 0.29) is 12.1 Å². The van der Waals surface area contributed by atoms with Crippen LogP contribution >= 0.6 is 15.9 Å². The molecule has 0 bridgehead atoms. The highest BCUT2D eigenvalue weighted by molar-refractivity contribution is 9.10. The maximum atomic E-state index is 11.9. The standard InChI is InChI=1S/C14H13BrO2/c15-12-5-3-9(4-6-12)14(16)17-13-7-10-1-2-11(10)8-13/h1-6,10-11,13H,7-8H2. The third kappa shape index (κ3) is 2.16. The number of fused-ring (bicyclic) bond motifs is 1. The Bertz CT molecular complexity index is 450. The van der Waals surface area contributed by atoms with Crippen LogP contribution in [0.15, 0.2) is 40.9 Å². The number of ether oxygens (including phenoxy) is 1. The number of carbonyl (C=O) groups is 1. The van der Waals surface area contributed by atoms with Gasteiger partial charge in [-0.1, -0.05) is 28.1 Å². The van der Waals surface area contributed by atoms with E-state index in [9.17, 15) is 4.79 Å². The highest BCUT2D eigenvalue weighted by Gasteiger charge is 2.37. The van der Waals surface area contributed by atoms with Crippen LogP contribution in [0.4, 0.5) is 0 Å². The van der Waals surface area contributed by atoms with Gasteiger partial charge in [0, 0.05) is 4.47 Å². The molecular weight excluding hydrogens is 280 g/mol. The lowest BCUT2D eigenvalue weighted by Crippen LogP contribution is -2.15. The van der Waals surface area contributed by atoms with E-state index in [2.05, 4.69) is 28.1 Å². The number of halogens is 1. The first kappa shape index (κ1) is 11.0. The number of allylic oxidation sites excluding steroid dienone is 2. The molecule has 1 fully saturated rings. The van der Waals surface area contributed by atoms with E-state index < -0.39 is 0 Å². The highest BCUT2D eigenvalue weighted by atomic mass is 79.9. The fraction of sp³-hybridized carbons (Fsp3) is 0.357. The number of benzene rings is 1. The average molecular weight is 293 g/mol. The fourth-order valence-electron chi connectivity index (χ4n) is 2.54. The molecule has 17 heavy (non-hydrogen) atoms. The Labute approximate surface area is 109 Å². The number of rotatable bonds is 2. The van der Waals surface area contributed by atoms with Gasteiger partial charge >= 0.3 is 5.97 Å². The highest BCUT2D eigenvalue weighted by Crippen LogP contribution is 2.42. The zero-order valence-electron chi connectivity index (χ0n) is 9.30. The van der Waals surface area contributed by atoms with Gasteiger partial charge in [0.15, 0.2) is 0 Å². The van der Waals surface area contributed by atoms with E-state index in [4.69, 9.17) is 4.74 Å². The van der Waals surface area contributed by atoms with Crippen molar-refractivity contribution in [1.29, 1.82) is 0 Å². The molecule has 0 heterocycles. The van der Waals surface area contributed by atoms with Crippen LogP contribution in [0.5, 0.6) is 0 Å². The summed E-state index contributed by atoms with van der Waals surface area (Å²) in [6.45, 7) is 0. The number of hydrogen-bond acceptors (Lipinski definition) is 2. The van der Waals surface area contributed by atoms with Crippen molar-refractivity contribution in [2.75, 3.05) is 0 Å². The van der Waals surface area contributed by atoms with E-state index in [1.807, 2.05) is 12.1 Å². The SMILES string of the molecule is O=C(OC1CC2C=CC2C1)c1ccc(Br)cc1. The molecule has 0 N–H and O–H groups in total. The summed E-state index contributed by atoms with van der Waals surface area (Å²) >= 11 is 3.35. The first-order valence-electron chi connectivity index (χ1n) is 5.87. The van der Waals surface area contributed by atoms with Crippen LogP contribution in [0.3, 0.4) is 0 Å². The Morgan fingerprint density at radius 1 is 1.12 bits per heavy atom. The minimum absolute atomic E-state index is 0.0937. The summed E-state index contributed by atoms with van der Waals surface area (Å²) in [5.74, 6) is 1.10. The van der Waals surface area contributed by atoms with Crippen molar-refractivity contribution in [3.8, 4) is 0 Å². The fourth-order valence-corrected chi connectivity index (χ4v) is 2.80. The zero-order valence-corrected chi connectivity index (χ0v) is 10.9. The molecule has 3 rings (SSSR count). The molecule has 2 unspecified atom stereocenters. The molecule has 0 radical (unpaired) electrons. The van der Waals surface area contributed by atoms with Crippen molar-refractivity contribution in [2.45, 2.75) is 18.9 Å². The summed E-state index contributed by atoms with van der Waals surface area (Å²) in [7, 11) is 0. The summed E-state index contributed by atoms with van der Waals surface area (Å²) in [5, 5.41) is 0. The van der Waals surface area contributed by atoms with Gasteiger partial charge in [-0.15, -0.1) is 0 Å². The predicted molar refractivity (Wildman–Crippen MR) is 68.7 cm³/mol. The first-order chi connectivity index (χ1) is 8.22. The van der Waals surface area contributed by atoms with E-state index in [1.54, 1.807) is 12.1 Å². The topological polar surface area (TPSA) is 26.3 Å². The van der Waals surface area contributed by atoms with E-state index in [1.165, 1.54) is 0 Å².